The summed E-state index contributed by atoms with van der Waals surface area (Å²) in [7, 11) is 0.871. The van der Waals surface area contributed by atoms with Gasteiger partial charge in [-0.3, -0.25) is 0 Å². The average Bonchev–Trinajstić information content (AvgIpc) is 2.26. The van der Waals surface area contributed by atoms with Crippen LogP contribution in [-0.2, 0) is 0 Å². The maximum atomic E-state index is 13.0. The van der Waals surface area contributed by atoms with Crippen molar-refractivity contribution in [3.05, 3.63) is 35.4 Å². The number of halogens is 8. The summed E-state index contributed by atoms with van der Waals surface area (Å²) in [6.07, 6.45) is -11.2. The van der Waals surface area contributed by atoms with E-state index in [1.54, 1.807) is 0 Å². The first-order valence-corrected chi connectivity index (χ1v) is 5.24. The van der Waals surface area contributed by atoms with Crippen LogP contribution in [0.5, 0.6) is 0 Å². The molecule has 1 nitrogen and oxygen atoms in total. The van der Waals surface area contributed by atoms with Gasteiger partial charge in [0.25, 0.3) is 0 Å². The zero-order valence-corrected chi connectivity index (χ0v) is 9.91. The molecule has 0 amide bonds. The fourth-order valence-corrected chi connectivity index (χ4v) is 1.80. The molecular weight excluding hydrogens is 298 g/mol. The van der Waals surface area contributed by atoms with E-state index in [1.165, 1.54) is 0 Å². The van der Waals surface area contributed by atoms with E-state index in [-0.39, 0.29) is 0 Å². The predicted molar refractivity (Wildman–Crippen MR) is 53.8 cm³/mol. The third-order valence-electron chi connectivity index (χ3n) is 2.65. The Labute approximate surface area is 108 Å². The Morgan fingerprint density at radius 2 is 1.40 bits per heavy atom. The van der Waals surface area contributed by atoms with Gasteiger partial charge in [-0.05, 0) is 24.7 Å². The van der Waals surface area contributed by atoms with Crippen LogP contribution in [-0.4, -0.2) is 19.4 Å². The molecule has 1 aromatic carbocycles. The molecule has 0 bridgehead atoms. The summed E-state index contributed by atoms with van der Waals surface area (Å²) in [6, 6.07) is -0.825. The van der Waals surface area contributed by atoms with Gasteiger partial charge in [-0.15, -0.1) is 0 Å². The van der Waals surface area contributed by atoms with Gasteiger partial charge in [-0.2, -0.15) is 26.3 Å². The maximum absolute atomic E-state index is 13.0. The van der Waals surface area contributed by atoms with E-state index in [4.69, 9.17) is 0 Å². The van der Waals surface area contributed by atoms with Crippen LogP contribution in [0, 0.1) is 17.6 Å². The molecule has 1 N–H and O–H groups in total. The number of rotatable bonds is 3. The second kappa shape index (κ2) is 5.55. The quantitative estimate of drug-likeness (QED) is 0.833. The second-order valence-corrected chi connectivity index (χ2v) is 4.00. The molecule has 0 spiro atoms. The van der Waals surface area contributed by atoms with Gasteiger partial charge < -0.3 is 5.32 Å². The van der Waals surface area contributed by atoms with Gasteiger partial charge >= 0.3 is 12.4 Å². The number of hydrogen-bond acceptors (Lipinski definition) is 1. The Morgan fingerprint density at radius 1 is 0.900 bits per heavy atom. The van der Waals surface area contributed by atoms with Crippen LogP contribution in [0.4, 0.5) is 35.1 Å². The maximum Gasteiger partial charge on any atom is 0.402 e. The van der Waals surface area contributed by atoms with Crippen LogP contribution >= 0.6 is 0 Å². The van der Waals surface area contributed by atoms with Gasteiger partial charge in [-0.1, -0.05) is 6.07 Å². The lowest BCUT2D eigenvalue weighted by atomic mass is 9.91. The number of nitrogens with one attached hydrogen (secondary N) is 1. The van der Waals surface area contributed by atoms with Crippen molar-refractivity contribution < 1.29 is 35.1 Å². The monoisotopic (exact) mass is 307 g/mol. The summed E-state index contributed by atoms with van der Waals surface area (Å²) in [5.41, 5.74) is -0.647. The van der Waals surface area contributed by atoms with E-state index in [1.807, 2.05) is 5.32 Å². The van der Waals surface area contributed by atoms with Crippen LogP contribution in [0.15, 0.2) is 18.2 Å². The molecule has 1 aromatic rings. The molecule has 1 unspecified atom stereocenters. The topological polar surface area (TPSA) is 12.0 Å². The first-order valence-electron chi connectivity index (χ1n) is 5.24. The summed E-state index contributed by atoms with van der Waals surface area (Å²) in [6.45, 7) is 0. The summed E-state index contributed by atoms with van der Waals surface area (Å²) >= 11 is 0. The molecule has 0 radical (unpaired) electrons. The van der Waals surface area contributed by atoms with E-state index < -0.39 is 41.5 Å². The minimum atomic E-state index is -5.59. The molecule has 0 heterocycles. The third kappa shape index (κ3) is 3.59. The van der Waals surface area contributed by atoms with E-state index in [9.17, 15) is 35.1 Å². The van der Waals surface area contributed by atoms with Gasteiger partial charge in [0.05, 0.1) is 6.04 Å². The summed E-state index contributed by atoms with van der Waals surface area (Å²) < 4.78 is 101. The van der Waals surface area contributed by atoms with Crippen molar-refractivity contribution in [1.82, 2.24) is 5.32 Å². The van der Waals surface area contributed by atoms with Crippen molar-refractivity contribution in [2.75, 3.05) is 7.05 Å². The lowest BCUT2D eigenvalue weighted by Crippen LogP contribution is -2.45. The largest absolute Gasteiger partial charge is 0.402 e. The highest BCUT2D eigenvalue weighted by Gasteiger charge is 2.60. The Morgan fingerprint density at radius 3 is 1.75 bits per heavy atom. The molecule has 20 heavy (non-hydrogen) atoms. The fourth-order valence-electron chi connectivity index (χ4n) is 1.80. The van der Waals surface area contributed by atoms with Crippen LogP contribution in [0.2, 0.25) is 0 Å². The fraction of sp³-hybridized carbons (Fsp3) is 0.455. The molecule has 0 aliphatic rings. The van der Waals surface area contributed by atoms with Gasteiger partial charge in [0, 0.05) is 0 Å². The summed E-state index contributed by atoms with van der Waals surface area (Å²) in [5.74, 6) is -6.62. The molecule has 0 saturated carbocycles. The highest BCUT2D eigenvalue weighted by Crippen LogP contribution is 2.46. The Hall–Kier alpha value is -1.38. The summed E-state index contributed by atoms with van der Waals surface area (Å²) in [5, 5.41) is 1.85. The van der Waals surface area contributed by atoms with E-state index in [0.29, 0.717) is 18.2 Å². The molecule has 0 aliphatic carbocycles. The first kappa shape index (κ1) is 16.7. The Kier molecular flexibility index (Phi) is 4.62. The highest BCUT2D eigenvalue weighted by atomic mass is 19.4. The van der Waals surface area contributed by atoms with Gasteiger partial charge in [0.1, 0.15) is 0 Å². The highest BCUT2D eigenvalue weighted by molar-refractivity contribution is 5.23. The molecule has 0 saturated heterocycles. The predicted octanol–water partition coefficient (Wildman–Crippen LogP) is 3.97. The SMILES string of the molecule is CNC(c1ccc(F)c(F)c1)C(C(F)(F)F)C(F)(F)F. The molecule has 0 fully saturated rings. The van der Waals surface area contributed by atoms with Crippen molar-refractivity contribution in [2.45, 2.75) is 18.4 Å². The van der Waals surface area contributed by atoms with E-state index >= 15 is 0 Å². The molecule has 114 valence electrons. The average molecular weight is 307 g/mol. The first-order chi connectivity index (χ1) is 8.98. The van der Waals surface area contributed by atoms with Crippen LogP contribution in [0.3, 0.4) is 0 Å². The van der Waals surface area contributed by atoms with Crippen LogP contribution < -0.4 is 5.32 Å². The van der Waals surface area contributed by atoms with Gasteiger partial charge in [0.15, 0.2) is 17.6 Å². The third-order valence-corrected chi connectivity index (χ3v) is 2.65. The van der Waals surface area contributed by atoms with Gasteiger partial charge in [-0.25, -0.2) is 8.78 Å². The Bertz CT molecular complexity index is 450. The normalized spacial score (nSPS) is 14.7. The number of benzene rings is 1. The number of hydrogen-bond donors (Lipinski definition) is 1. The van der Waals surface area contributed by atoms with Crippen molar-refractivity contribution in [3.63, 3.8) is 0 Å². The smallest absolute Gasteiger partial charge is 0.312 e. The number of alkyl halides is 6. The zero-order chi connectivity index (χ0) is 15.7. The van der Waals surface area contributed by atoms with Crippen molar-refractivity contribution in [2.24, 2.45) is 5.92 Å². The standard InChI is InChI=1S/C11H9F8N/c1-20-8(5-2-3-6(12)7(13)4-5)9(10(14,15)16)11(17,18)19/h2-4,8-9,20H,1H3. The Balaban J connectivity index is 3.30. The molecule has 1 rings (SSSR count). The minimum Gasteiger partial charge on any atom is -0.312 e. The molecule has 9 heteroatoms. The molecule has 1 atom stereocenters. The van der Waals surface area contributed by atoms with Crippen molar-refractivity contribution >= 4 is 0 Å². The lowest BCUT2D eigenvalue weighted by Gasteiger charge is -2.30. The van der Waals surface area contributed by atoms with Crippen LogP contribution in [0.25, 0.3) is 0 Å². The van der Waals surface area contributed by atoms with Crippen molar-refractivity contribution in [3.8, 4) is 0 Å². The minimum absolute atomic E-state index is 0.307. The van der Waals surface area contributed by atoms with Gasteiger partial charge in [0.2, 0.25) is 0 Å². The van der Waals surface area contributed by atoms with Crippen molar-refractivity contribution in [1.29, 1.82) is 0 Å². The summed E-state index contributed by atoms with van der Waals surface area (Å²) in [4.78, 5) is 0. The second-order valence-electron chi connectivity index (χ2n) is 4.00. The lowest BCUT2D eigenvalue weighted by molar-refractivity contribution is -0.292. The molecular formula is C11H9F8N. The molecule has 0 aromatic heterocycles. The van der Waals surface area contributed by atoms with E-state index in [0.717, 1.165) is 7.05 Å². The zero-order valence-electron chi connectivity index (χ0n) is 9.91. The van der Waals surface area contributed by atoms with E-state index in [2.05, 4.69) is 0 Å². The molecule has 0 aliphatic heterocycles. The van der Waals surface area contributed by atoms with Crippen LogP contribution in [0.1, 0.15) is 11.6 Å².